The monoisotopic (exact) mass is 312 g/mol. The number of aryl methyl sites for hydroxylation is 1. The molecular formula is C14H14Cl2N2O2. The molecule has 0 saturated heterocycles. The molecule has 0 aliphatic carbocycles. The molecule has 2 rings (SSSR count). The highest BCUT2D eigenvalue weighted by Gasteiger charge is 2.06. The number of halogens is 2. The Morgan fingerprint density at radius 2 is 2.15 bits per heavy atom. The van der Waals surface area contributed by atoms with Gasteiger partial charge in [-0.05, 0) is 19.1 Å². The van der Waals surface area contributed by atoms with Crippen molar-refractivity contribution < 1.29 is 9.36 Å². The summed E-state index contributed by atoms with van der Waals surface area (Å²) < 4.78 is 5.03. The van der Waals surface area contributed by atoms with Gasteiger partial charge in [-0.2, -0.15) is 0 Å². The largest absolute Gasteiger partial charge is 0.361 e. The summed E-state index contributed by atoms with van der Waals surface area (Å²) in [6.45, 7) is 1.85. The molecule has 0 bridgehead atoms. The van der Waals surface area contributed by atoms with Crippen molar-refractivity contribution >= 4 is 28.9 Å². The fraction of sp³-hybridized carbons (Fsp3) is 0.214. The number of rotatable bonds is 5. The molecule has 0 fully saturated rings. The minimum absolute atomic E-state index is 0.491. The fourth-order valence-electron chi connectivity index (χ4n) is 1.71. The third-order valence-electron chi connectivity index (χ3n) is 2.63. The van der Waals surface area contributed by atoms with E-state index in [0.29, 0.717) is 16.5 Å². The Bertz CT molecular complexity index is 623. The number of hydroxylamine groups is 1. The molecule has 4 nitrogen and oxygen atoms in total. The number of nitrogens with one attached hydrogen (secondary N) is 1. The lowest BCUT2D eigenvalue weighted by molar-refractivity contribution is 0.136. The first-order valence-corrected chi connectivity index (χ1v) is 6.72. The predicted molar refractivity (Wildman–Crippen MR) is 79.5 cm³/mol. The molecule has 0 radical (unpaired) electrons. The van der Waals surface area contributed by atoms with Crippen molar-refractivity contribution in [1.29, 1.82) is 0 Å². The number of hydrogen-bond acceptors (Lipinski definition) is 4. The zero-order valence-electron chi connectivity index (χ0n) is 11.1. The first-order valence-electron chi connectivity index (χ1n) is 5.97. The molecule has 2 aromatic rings. The van der Waals surface area contributed by atoms with Crippen LogP contribution < -0.4 is 5.48 Å². The van der Waals surface area contributed by atoms with Crippen molar-refractivity contribution in [1.82, 2.24) is 10.6 Å². The lowest BCUT2D eigenvalue weighted by Crippen LogP contribution is -2.10. The number of hydrogen-bond donors (Lipinski definition) is 1. The van der Waals surface area contributed by atoms with Gasteiger partial charge < -0.3 is 4.52 Å². The van der Waals surface area contributed by atoms with Crippen LogP contribution in [0.3, 0.4) is 0 Å². The summed E-state index contributed by atoms with van der Waals surface area (Å²) in [7, 11) is 1.55. The average molecular weight is 313 g/mol. The van der Waals surface area contributed by atoms with Crippen LogP contribution in [0.1, 0.15) is 17.0 Å². The first-order chi connectivity index (χ1) is 9.60. The molecule has 1 aromatic heterocycles. The summed E-state index contributed by atoms with van der Waals surface area (Å²) in [4.78, 5) is 4.98. The van der Waals surface area contributed by atoms with E-state index in [1.807, 2.05) is 25.1 Å². The van der Waals surface area contributed by atoms with E-state index >= 15 is 0 Å². The van der Waals surface area contributed by atoms with Crippen molar-refractivity contribution in [2.75, 3.05) is 7.11 Å². The Hall–Kier alpha value is -1.49. The molecule has 0 saturated carbocycles. The number of nitrogens with zero attached hydrogens (tertiary/aromatic N) is 1. The summed E-state index contributed by atoms with van der Waals surface area (Å²) in [5.74, 6) is 0.782. The lowest BCUT2D eigenvalue weighted by atomic mass is 10.1. The zero-order valence-corrected chi connectivity index (χ0v) is 12.6. The highest BCUT2D eigenvalue weighted by Crippen LogP contribution is 2.25. The summed E-state index contributed by atoms with van der Waals surface area (Å²) >= 11 is 11.9. The molecule has 0 aliphatic heterocycles. The average Bonchev–Trinajstić information content (AvgIpc) is 2.84. The molecule has 1 heterocycles. The van der Waals surface area contributed by atoms with E-state index in [0.717, 1.165) is 22.7 Å². The molecule has 1 N–H and O–H groups in total. The highest BCUT2D eigenvalue weighted by atomic mass is 35.5. The molecule has 0 atom stereocenters. The minimum Gasteiger partial charge on any atom is -0.361 e. The summed E-state index contributed by atoms with van der Waals surface area (Å²) in [5.41, 5.74) is 5.33. The van der Waals surface area contributed by atoms with Gasteiger partial charge in [0, 0.05) is 18.1 Å². The van der Waals surface area contributed by atoms with Crippen LogP contribution in [0.4, 0.5) is 0 Å². The standard InChI is InChI=1S/C14H14Cl2N2O2/c1-9-7-11(17-20-9)4-6-14(18-19-2)10-3-5-12(15)13(16)8-10/h3,5-8,18H,4H2,1-2H3. The van der Waals surface area contributed by atoms with Gasteiger partial charge in [-0.15, -0.1) is 0 Å². The van der Waals surface area contributed by atoms with Crippen LogP contribution in [0.5, 0.6) is 0 Å². The van der Waals surface area contributed by atoms with Gasteiger partial charge in [0.1, 0.15) is 5.76 Å². The third-order valence-corrected chi connectivity index (χ3v) is 3.37. The lowest BCUT2D eigenvalue weighted by Gasteiger charge is -2.10. The van der Waals surface area contributed by atoms with E-state index in [1.165, 1.54) is 0 Å². The van der Waals surface area contributed by atoms with Gasteiger partial charge in [-0.1, -0.05) is 40.5 Å². The van der Waals surface area contributed by atoms with Crippen molar-refractivity contribution in [3.8, 4) is 0 Å². The van der Waals surface area contributed by atoms with E-state index in [-0.39, 0.29) is 0 Å². The van der Waals surface area contributed by atoms with Crippen LogP contribution in [-0.2, 0) is 11.3 Å². The Morgan fingerprint density at radius 3 is 2.75 bits per heavy atom. The Morgan fingerprint density at radius 1 is 1.35 bits per heavy atom. The molecule has 0 spiro atoms. The summed E-state index contributed by atoms with van der Waals surface area (Å²) in [5, 5.41) is 4.94. The zero-order chi connectivity index (χ0) is 14.5. The van der Waals surface area contributed by atoms with Gasteiger partial charge in [0.25, 0.3) is 0 Å². The number of benzene rings is 1. The van der Waals surface area contributed by atoms with Crippen LogP contribution in [0.2, 0.25) is 10.0 Å². The maximum Gasteiger partial charge on any atom is 0.133 e. The Balaban J connectivity index is 2.23. The predicted octanol–water partition coefficient (Wildman–Crippen LogP) is 4.02. The van der Waals surface area contributed by atoms with Crippen LogP contribution in [0, 0.1) is 6.92 Å². The van der Waals surface area contributed by atoms with Gasteiger partial charge in [0.05, 0.1) is 28.5 Å². The van der Waals surface area contributed by atoms with Gasteiger partial charge >= 0.3 is 0 Å². The molecule has 106 valence electrons. The number of aromatic nitrogens is 1. The molecule has 20 heavy (non-hydrogen) atoms. The van der Waals surface area contributed by atoms with Crippen LogP contribution >= 0.6 is 23.2 Å². The van der Waals surface area contributed by atoms with Crippen molar-refractivity contribution in [3.05, 3.63) is 57.4 Å². The van der Waals surface area contributed by atoms with Gasteiger partial charge in [0.15, 0.2) is 0 Å². The van der Waals surface area contributed by atoms with Crippen LogP contribution in [-0.4, -0.2) is 12.3 Å². The van der Waals surface area contributed by atoms with Gasteiger partial charge in [0.2, 0.25) is 0 Å². The van der Waals surface area contributed by atoms with Crippen molar-refractivity contribution in [2.45, 2.75) is 13.3 Å². The van der Waals surface area contributed by atoms with Crippen molar-refractivity contribution in [3.63, 3.8) is 0 Å². The van der Waals surface area contributed by atoms with E-state index in [1.54, 1.807) is 19.2 Å². The minimum atomic E-state index is 0.491. The van der Waals surface area contributed by atoms with E-state index < -0.39 is 0 Å². The molecule has 0 unspecified atom stereocenters. The van der Waals surface area contributed by atoms with E-state index in [9.17, 15) is 0 Å². The molecular weight excluding hydrogens is 299 g/mol. The quantitative estimate of drug-likeness (QED) is 0.847. The topological polar surface area (TPSA) is 47.3 Å². The summed E-state index contributed by atoms with van der Waals surface area (Å²) in [6.07, 6.45) is 2.56. The summed E-state index contributed by atoms with van der Waals surface area (Å²) in [6, 6.07) is 7.26. The highest BCUT2D eigenvalue weighted by molar-refractivity contribution is 6.42. The maximum atomic E-state index is 6.02. The second kappa shape index (κ2) is 6.79. The number of allylic oxidation sites excluding steroid dienone is 1. The Labute approximate surface area is 127 Å². The molecule has 0 amide bonds. The van der Waals surface area contributed by atoms with E-state index in [4.69, 9.17) is 32.6 Å². The second-order valence-electron chi connectivity index (χ2n) is 4.19. The third kappa shape index (κ3) is 3.76. The molecule has 1 aromatic carbocycles. The fourth-order valence-corrected chi connectivity index (χ4v) is 2.01. The molecule has 0 aliphatic rings. The van der Waals surface area contributed by atoms with Gasteiger partial charge in [-0.25, -0.2) is 0 Å². The van der Waals surface area contributed by atoms with Crippen LogP contribution in [0.25, 0.3) is 5.70 Å². The maximum absolute atomic E-state index is 6.02. The normalized spacial score (nSPS) is 11.7. The van der Waals surface area contributed by atoms with Crippen molar-refractivity contribution in [2.24, 2.45) is 0 Å². The van der Waals surface area contributed by atoms with E-state index in [2.05, 4.69) is 10.6 Å². The Kier molecular flexibility index (Phi) is 5.06. The van der Waals surface area contributed by atoms with Gasteiger partial charge in [-0.3, -0.25) is 10.3 Å². The first kappa shape index (κ1) is 14.9. The SMILES string of the molecule is CONC(=CCc1cc(C)on1)c1ccc(Cl)c(Cl)c1. The smallest absolute Gasteiger partial charge is 0.133 e. The molecule has 6 heteroatoms. The van der Waals surface area contributed by atoms with Crippen LogP contribution in [0.15, 0.2) is 34.9 Å². The second-order valence-corrected chi connectivity index (χ2v) is 5.00.